The summed E-state index contributed by atoms with van der Waals surface area (Å²) in [6.07, 6.45) is 0. The fourth-order valence-electron chi connectivity index (χ4n) is 0. The maximum atomic E-state index is 0. The average Bonchev–Trinajstić information content (AvgIpc) is 0. The van der Waals surface area contributed by atoms with E-state index in [0.717, 1.165) is 0 Å². The maximum absolute atomic E-state index is 0. The van der Waals surface area contributed by atoms with Gasteiger partial charge in [0.25, 0.3) is 0 Å². The van der Waals surface area contributed by atoms with Gasteiger partial charge in [0.15, 0.2) is 0 Å². The molecule has 0 bridgehead atoms. The molecule has 0 fully saturated rings. The van der Waals surface area contributed by atoms with Gasteiger partial charge in [0.1, 0.15) is 0 Å². The molecule has 0 spiro atoms. The Morgan fingerprint density at radius 3 is 0.429 bits per heavy atom. The van der Waals surface area contributed by atoms with Gasteiger partial charge in [-0.2, -0.15) is 19.8 Å². The van der Waals surface area contributed by atoms with Crippen molar-refractivity contribution in [2.45, 2.75) is 0 Å². The third-order valence-corrected chi connectivity index (χ3v) is 0. The van der Waals surface area contributed by atoms with Crippen LogP contribution in [-0.4, -0.2) is 0 Å². The molecular weight excluding hydrogens is 222 g/mol. The zero-order chi connectivity index (χ0) is 0. The van der Waals surface area contributed by atoms with Crippen LogP contribution in [0.1, 0.15) is 0 Å². The quantitative estimate of drug-likeness (QED) is 0.404. The van der Waals surface area contributed by atoms with Crippen LogP contribution in [0.4, 0.5) is 0 Å². The summed E-state index contributed by atoms with van der Waals surface area (Å²) in [6, 6.07) is 0. The molecule has 2 unspecified atom stereocenters. The van der Waals surface area contributed by atoms with Gasteiger partial charge in [-0.05, 0) is 0 Å². The number of hydrogen-bond donors (Lipinski definition) is 0. The minimum absolute atomic E-state index is 0. The van der Waals surface area contributed by atoms with E-state index in [4.69, 9.17) is 0 Å². The first-order valence-corrected chi connectivity index (χ1v) is 0. The first-order valence-electron chi connectivity index (χ1n) is 0. The fraction of sp³-hybridized carbons (Fsp3) is 0. The summed E-state index contributed by atoms with van der Waals surface area (Å²) in [5.74, 6) is 0. The SMILES string of the molecule is P.P.[Fe+3].[Fe+3].[O-2].[O-2].[O-2]. The minimum atomic E-state index is 0. The molecule has 0 saturated carbocycles. The van der Waals surface area contributed by atoms with Gasteiger partial charge in [-0.3, -0.25) is 0 Å². The maximum Gasteiger partial charge on any atom is 3.00 e. The molecule has 0 aromatic heterocycles. The second-order valence-corrected chi connectivity index (χ2v) is 0. The van der Waals surface area contributed by atoms with E-state index >= 15 is 0 Å². The van der Waals surface area contributed by atoms with Crippen LogP contribution in [0, 0.1) is 0 Å². The summed E-state index contributed by atoms with van der Waals surface area (Å²) < 4.78 is 0. The second kappa shape index (κ2) is 113. The molecular formula is H6Fe2O3P2. The van der Waals surface area contributed by atoms with Gasteiger partial charge in [0.05, 0.1) is 0 Å². The van der Waals surface area contributed by atoms with E-state index in [1.807, 2.05) is 0 Å². The van der Waals surface area contributed by atoms with Crippen molar-refractivity contribution in [2.75, 3.05) is 0 Å². The van der Waals surface area contributed by atoms with Crippen LogP contribution in [0.2, 0.25) is 0 Å². The van der Waals surface area contributed by atoms with Crippen molar-refractivity contribution < 1.29 is 50.6 Å². The molecule has 0 amide bonds. The van der Waals surface area contributed by atoms with Crippen molar-refractivity contribution in [3.05, 3.63) is 0 Å². The molecule has 0 saturated heterocycles. The molecule has 3 nitrogen and oxygen atoms in total. The first kappa shape index (κ1) is 168. The summed E-state index contributed by atoms with van der Waals surface area (Å²) in [7, 11) is 0. The molecule has 0 aliphatic rings. The third-order valence-electron chi connectivity index (χ3n) is 0. The van der Waals surface area contributed by atoms with E-state index in [0.29, 0.717) is 0 Å². The van der Waals surface area contributed by atoms with E-state index in [-0.39, 0.29) is 70.4 Å². The summed E-state index contributed by atoms with van der Waals surface area (Å²) in [5, 5.41) is 0. The average molecular weight is 228 g/mol. The second-order valence-electron chi connectivity index (χ2n) is 0. The Bertz CT molecular complexity index is 10.9. The van der Waals surface area contributed by atoms with E-state index in [2.05, 4.69) is 0 Å². The predicted molar refractivity (Wildman–Crippen MR) is 24.3 cm³/mol. The Morgan fingerprint density at radius 2 is 0.429 bits per heavy atom. The topological polar surface area (TPSA) is 85.5 Å². The Kier molecular flexibility index (Phi) is 2710. The number of rotatable bonds is 0. The molecule has 0 rings (SSSR count). The third kappa shape index (κ3) is 82.1. The number of hydrogen-bond acceptors (Lipinski definition) is 0. The van der Waals surface area contributed by atoms with Crippen LogP contribution in [0.5, 0.6) is 0 Å². The van der Waals surface area contributed by atoms with E-state index in [1.165, 1.54) is 0 Å². The Morgan fingerprint density at radius 1 is 0.429 bits per heavy atom. The Balaban J connectivity index is 0. The smallest absolute Gasteiger partial charge is 2.00 e. The first-order chi connectivity index (χ1) is 0. The van der Waals surface area contributed by atoms with Crippen LogP contribution < -0.4 is 0 Å². The van der Waals surface area contributed by atoms with Crippen molar-refractivity contribution in [3.8, 4) is 0 Å². The van der Waals surface area contributed by atoms with Gasteiger partial charge in [-0.1, -0.05) is 0 Å². The van der Waals surface area contributed by atoms with Gasteiger partial charge < -0.3 is 16.4 Å². The monoisotopic (exact) mass is 228 g/mol. The van der Waals surface area contributed by atoms with Crippen molar-refractivity contribution in [1.29, 1.82) is 0 Å². The molecule has 0 aliphatic carbocycles. The van der Waals surface area contributed by atoms with E-state index in [9.17, 15) is 0 Å². The van der Waals surface area contributed by atoms with Crippen molar-refractivity contribution in [2.24, 2.45) is 0 Å². The van der Waals surface area contributed by atoms with Gasteiger partial charge in [-0.25, -0.2) is 0 Å². The standard InChI is InChI=1S/2Fe.3O.2H3P/h;;;;;2*1H3/q2*+3;3*-2;;. The molecule has 0 aliphatic heterocycles. The van der Waals surface area contributed by atoms with E-state index < -0.39 is 0 Å². The van der Waals surface area contributed by atoms with Gasteiger partial charge >= 0.3 is 34.1 Å². The summed E-state index contributed by atoms with van der Waals surface area (Å²) in [6.45, 7) is 0. The zero-order valence-corrected chi connectivity index (χ0v) is 8.38. The summed E-state index contributed by atoms with van der Waals surface area (Å²) in [5.41, 5.74) is 0. The van der Waals surface area contributed by atoms with Crippen LogP contribution >= 0.6 is 19.8 Å². The van der Waals surface area contributed by atoms with Gasteiger partial charge in [-0.15, -0.1) is 0 Å². The molecule has 2 radical (unpaired) electrons. The summed E-state index contributed by atoms with van der Waals surface area (Å²) in [4.78, 5) is 0. The van der Waals surface area contributed by atoms with Crippen molar-refractivity contribution in [3.63, 3.8) is 0 Å². The van der Waals surface area contributed by atoms with Crippen LogP contribution in [0.25, 0.3) is 0 Å². The van der Waals surface area contributed by atoms with Gasteiger partial charge in [0.2, 0.25) is 0 Å². The van der Waals surface area contributed by atoms with Gasteiger partial charge in [0, 0.05) is 0 Å². The van der Waals surface area contributed by atoms with Crippen LogP contribution in [0.3, 0.4) is 0 Å². The molecule has 2 atom stereocenters. The molecule has 7 heteroatoms. The Labute approximate surface area is 70.5 Å². The van der Waals surface area contributed by atoms with Crippen molar-refractivity contribution >= 4 is 19.8 Å². The van der Waals surface area contributed by atoms with Crippen LogP contribution in [0.15, 0.2) is 0 Å². The largest absolute Gasteiger partial charge is 3.00 e. The molecule has 0 N–H and O–H groups in total. The van der Waals surface area contributed by atoms with Crippen LogP contribution in [-0.2, 0) is 50.6 Å². The molecule has 0 heterocycles. The molecule has 0 aromatic rings. The molecule has 7 heavy (non-hydrogen) atoms. The van der Waals surface area contributed by atoms with Crippen molar-refractivity contribution in [1.82, 2.24) is 0 Å². The van der Waals surface area contributed by atoms with E-state index in [1.54, 1.807) is 0 Å². The fourth-order valence-corrected chi connectivity index (χ4v) is 0. The summed E-state index contributed by atoms with van der Waals surface area (Å²) >= 11 is 0. The predicted octanol–water partition coefficient (Wildman–Crippen LogP) is -0.245. The normalized spacial score (nSPS) is 0. The Hall–Kier alpha value is 1.78. The molecule has 0 aromatic carbocycles. The molecule has 50 valence electrons. The zero-order valence-electron chi connectivity index (χ0n) is 3.35. The minimum Gasteiger partial charge on any atom is -2.00 e.